The lowest BCUT2D eigenvalue weighted by atomic mass is 9.98. The normalized spacial score (nSPS) is 14.1. The molecule has 1 aliphatic rings. The maximum atomic E-state index is 5.38. The molecule has 0 unspecified atom stereocenters. The largest absolute Gasteiger partial charge is 0.465 e. The molecule has 0 aliphatic carbocycles. The first-order valence-corrected chi connectivity index (χ1v) is 4.72. The molecule has 0 spiro atoms. The molecule has 0 bridgehead atoms. The van der Waals surface area contributed by atoms with Crippen LogP contribution in [0.2, 0.25) is 0 Å². The fraction of sp³-hybridized carbons (Fsp3) is 0.333. The minimum Gasteiger partial charge on any atom is -0.465 e. The Morgan fingerprint density at radius 2 is 2.15 bits per heavy atom. The summed E-state index contributed by atoms with van der Waals surface area (Å²) in [6.07, 6.45) is 4.81. The van der Waals surface area contributed by atoms with Crippen molar-refractivity contribution in [3.63, 3.8) is 0 Å². The van der Waals surface area contributed by atoms with Crippen LogP contribution < -0.4 is 4.74 Å². The Balaban J connectivity index is 2.38. The summed E-state index contributed by atoms with van der Waals surface area (Å²) in [6.45, 7) is 4.42. The first-order chi connectivity index (χ1) is 6.27. The predicted molar refractivity (Wildman–Crippen MR) is 54.0 cm³/mol. The molecular weight excluding hydrogens is 160 g/mol. The van der Waals surface area contributed by atoms with Gasteiger partial charge in [-0.15, -0.1) is 0 Å². The van der Waals surface area contributed by atoms with E-state index in [1.165, 1.54) is 11.1 Å². The molecule has 2 rings (SSSR count). The number of benzene rings is 1. The van der Waals surface area contributed by atoms with Crippen LogP contribution in [0.25, 0.3) is 0 Å². The Labute approximate surface area is 79.0 Å². The number of fused-ring (bicyclic) bond motifs is 1. The van der Waals surface area contributed by atoms with E-state index in [1.807, 2.05) is 6.08 Å². The van der Waals surface area contributed by atoms with E-state index in [0.29, 0.717) is 5.92 Å². The van der Waals surface area contributed by atoms with Crippen molar-refractivity contribution in [3.8, 4) is 5.75 Å². The van der Waals surface area contributed by atoms with Crippen LogP contribution in [0.3, 0.4) is 0 Å². The average Bonchev–Trinajstić information content (AvgIpc) is 2.17. The molecule has 0 radical (unpaired) electrons. The number of allylic oxidation sites excluding steroid dienone is 1. The van der Waals surface area contributed by atoms with E-state index in [0.717, 1.165) is 12.2 Å². The van der Waals surface area contributed by atoms with Gasteiger partial charge in [0.15, 0.2) is 0 Å². The molecule has 1 aromatic rings. The summed E-state index contributed by atoms with van der Waals surface area (Å²) in [5.74, 6) is 1.60. The van der Waals surface area contributed by atoms with Crippen LogP contribution in [0.15, 0.2) is 30.5 Å². The fourth-order valence-electron chi connectivity index (χ4n) is 1.53. The molecule has 0 atom stereocenters. The first-order valence-electron chi connectivity index (χ1n) is 4.72. The Kier molecular flexibility index (Phi) is 2.09. The number of ether oxygens (including phenoxy) is 1. The zero-order valence-electron chi connectivity index (χ0n) is 8.08. The van der Waals surface area contributed by atoms with Gasteiger partial charge < -0.3 is 4.74 Å². The highest BCUT2D eigenvalue weighted by atomic mass is 16.5. The smallest absolute Gasteiger partial charge is 0.130 e. The highest BCUT2D eigenvalue weighted by Crippen LogP contribution is 2.27. The van der Waals surface area contributed by atoms with Gasteiger partial charge in [0.2, 0.25) is 0 Å². The number of hydrogen-bond acceptors (Lipinski definition) is 1. The summed E-state index contributed by atoms with van der Waals surface area (Å²) in [5, 5.41) is 0. The zero-order chi connectivity index (χ0) is 9.26. The van der Waals surface area contributed by atoms with E-state index in [2.05, 4.69) is 32.0 Å². The van der Waals surface area contributed by atoms with Gasteiger partial charge in [-0.05, 0) is 35.6 Å². The summed E-state index contributed by atoms with van der Waals surface area (Å²) in [7, 11) is 0. The van der Waals surface area contributed by atoms with E-state index < -0.39 is 0 Å². The van der Waals surface area contributed by atoms with Crippen molar-refractivity contribution in [1.82, 2.24) is 0 Å². The molecule has 0 aromatic heterocycles. The van der Waals surface area contributed by atoms with Gasteiger partial charge in [-0.3, -0.25) is 0 Å². The van der Waals surface area contributed by atoms with Gasteiger partial charge in [-0.2, -0.15) is 0 Å². The van der Waals surface area contributed by atoms with Gasteiger partial charge in [0.1, 0.15) is 5.75 Å². The molecule has 0 amide bonds. The van der Waals surface area contributed by atoms with Crippen LogP contribution in [0.1, 0.15) is 30.9 Å². The summed E-state index contributed by atoms with van der Waals surface area (Å²) < 4.78 is 5.38. The van der Waals surface area contributed by atoms with Crippen molar-refractivity contribution < 1.29 is 4.74 Å². The van der Waals surface area contributed by atoms with Crippen molar-refractivity contribution in [3.05, 3.63) is 41.7 Å². The minimum atomic E-state index is 0.594. The average molecular weight is 174 g/mol. The van der Waals surface area contributed by atoms with Crippen LogP contribution >= 0.6 is 0 Å². The van der Waals surface area contributed by atoms with Gasteiger partial charge in [0, 0.05) is 0 Å². The fourth-order valence-corrected chi connectivity index (χ4v) is 1.53. The van der Waals surface area contributed by atoms with Crippen LogP contribution in [0.4, 0.5) is 0 Å². The molecule has 0 saturated heterocycles. The highest BCUT2D eigenvalue weighted by Gasteiger charge is 2.08. The predicted octanol–water partition coefficient (Wildman–Crippen LogP) is 3.26. The van der Waals surface area contributed by atoms with Crippen molar-refractivity contribution in [2.75, 3.05) is 0 Å². The van der Waals surface area contributed by atoms with E-state index in [9.17, 15) is 0 Å². The maximum Gasteiger partial charge on any atom is 0.130 e. The van der Waals surface area contributed by atoms with Crippen molar-refractivity contribution in [2.45, 2.75) is 26.2 Å². The van der Waals surface area contributed by atoms with Gasteiger partial charge >= 0.3 is 0 Å². The summed E-state index contributed by atoms with van der Waals surface area (Å²) in [6, 6.07) is 6.44. The third-order valence-corrected chi connectivity index (χ3v) is 2.38. The Morgan fingerprint density at radius 3 is 2.92 bits per heavy atom. The van der Waals surface area contributed by atoms with Crippen LogP contribution in [-0.4, -0.2) is 0 Å². The molecule has 1 aromatic carbocycles. The maximum absolute atomic E-state index is 5.38. The van der Waals surface area contributed by atoms with Gasteiger partial charge in [-0.1, -0.05) is 26.0 Å². The van der Waals surface area contributed by atoms with Crippen LogP contribution in [0, 0.1) is 0 Å². The molecule has 1 heterocycles. The van der Waals surface area contributed by atoms with E-state index in [-0.39, 0.29) is 0 Å². The lowest BCUT2D eigenvalue weighted by molar-refractivity contribution is 0.464. The third-order valence-electron chi connectivity index (χ3n) is 2.38. The lowest BCUT2D eigenvalue weighted by Gasteiger charge is -2.14. The number of hydrogen-bond donors (Lipinski definition) is 0. The molecule has 68 valence electrons. The molecule has 1 heteroatoms. The molecular formula is C12H14O. The second kappa shape index (κ2) is 3.25. The van der Waals surface area contributed by atoms with Crippen LogP contribution in [-0.2, 0) is 6.42 Å². The molecule has 1 nitrogen and oxygen atoms in total. The van der Waals surface area contributed by atoms with Crippen LogP contribution in [0.5, 0.6) is 5.75 Å². The molecule has 0 N–H and O–H groups in total. The van der Waals surface area contributed by atoms with E-state index >= 15 is 0 Å². The van der Waals surface area contributed by atoms with Crippen molar-refractivity contribution in [1.29, 1.82) is 0 Å². The molecule has 13 heavy (non-hydrogen) atoms. The van der Waals surface area contributed by atoms with Gasteiger partial charge in [0.05, 0.1) is 6.26 Å². The Morgan fingerprint density at radius 1 is 1.31 bits per heavy atom. The quantitative estimate of drug-likeness (QED) is 0.635. The molecule has 0 fully saturated rings. The van der Waals surface area contributed by atoms with E-state index in [4.69, 9.17) is 4.74 Å². The summed E-state index contributed by atoms with van der Waals surface area (Å²) in [5.41, 5.74) is 2.69. The van der Waals surface area contributed by atoms with Gasteiger partial charge in [-0.25, -0.2) is 0 Å². The van der Waals surface area contributed by atoms with Gasteiger partial charge in [0.25, 0.3) is 0 Å². The monoisotopic (exact) mass is 174 g/mol. The van der Waals surface area contributed by atoms with E-state index in [1.54, 1.807) is 6.26 Å². The van der Waals surface area contributed by atoms with Crippen molar-refractivity contribution >= 4 is 0 Å². The molecule has 1 aliphatic heterocycles. The number of rotatable bonds is 1. The highest BCUT2D eigenvalue weighted by molar-refractivity contribution is 5.41. The zero-order valence-corrected chi connectivity index (χ0v) is 8.08. The standard InChI is InChI=1S/C12H14O/c1-9(2)10-5-6-12-11(8-10)4-3-7-13-12/h3,5-9H,4H2,1-2H3. The Hall–Kier alpha value is -1.24. The Bertz CT molecular complexity index is 337. The third kappa shape index (κ3) is 1.59. The second-order valence-electron chi connectivity index (χ2n) is 3.72. The molecule has 0 saturated carbocycles. The summed E-state index contributed by atoms with van der Waals surface area (Å²) >= 11 is 0. The topological polar surface area (TPSA) is 9.23 Å². The second-order valence-corrected chi connectivity index (χ2v) is 3.72. The van der Waals surface area contributed by atoms with Crippen molar-refractivity contribution in [2.24, 2.45) is 0 Å². The first kappa shape index (κ1) is 8.36. The summed E-state index contributed by atoms with van der Waals surface area (Å²) in [4.78, 5) is 0. The lowest BCUT2D eigenvalue weighted by Crippen LogP contribution is -1.98. The minimum absolute atomic E-state index is 0.594. The SMILES string of the molecule is CC(C)c1ccc2c(c1)CC=CO2.